The molecule has 0 bridgehead atoms. The van der Waals surface area contributed by atoms with E-state index in [1.807, 2.05) is 19.9 Å². The van der Waals surface area contributed by atoms with Gasteiger partial charge >= 0.3 is 216 Å². The Labute approximate surface area is 215 Å². The molecule has 0 amide bonds. The van der Waals surface area contributed by atoms with E-state index in [0.29, 0.717) is 19.8 Å². The van der Waals surface area contributed by atoms with Crippen LogP contribution in [0.3, 0.4) is 0 Å². The molecule has 0 N–H and O–H groups in total. The Hall–Kier alpha value is -2.34. The summed E-state index contributed by atoms with van der Waals surface area (Å²) in [6.07, 6.45) is 1.66. The molecule has 35 heavy (non-hydrogen) atoms. The van der Waals surface area contributed by atoms with E-state index in [-0.39, 0.29) is 5.92 Å². The SMILES string of the molecule is [2H][C@@]1(C)OCC/C(=[CH]\[Sn]([c]2ccccc2)([c]2ccccc2)[c]2ccccc2)[C@@H]1CO/C(C)=C/COC. The number of hydrogen-bond donors (Lipinski definition) is 0. The summed E-state index contributed by atoms with van der Waals surface area (Å²) in [5, 5.41) is 0. The van der Waals surface area contributed by atoms with Crippen molar-refractivity contribution >= 4 is 29.1 Å². The molecule has 1 saturated heterocycles. The third-order valence-corrected chi connectivity index (χ3v) is 19.7. The van der Waals surface area contributed by atoms with Crippen molar-refractivity contribution in [2.75, 3.05) is 26.9 Å². The van der Waals surface area contributed by atoms with Crippen molar-refractivity contribution in [3.05, 3.63) is 112 Å². The fraction of sp³-hybridized carbons (Fsp3) is 0.290. The van der Waals surface area contributed by atoms with Gasteiger partial charge in [-0.2, -0.15) is 0 Å². The van der Waals surface area contributed by atoms with Gasteiger partial charge in [-0.1, -0.05) is 0 Å². The van der Waals surface area contributed by atoms with Gasteiger partial charge in [0.15, 0.2) is 0 Å². The van der Waals surface area contributed by atoms with Crippen molar-refractivity contribution in [3.63, 3.8) is 0 Å². The molecular weight excluding hydrogens is 539 g/mol. The summed E-state index contributed by atoms with van der Waals surface area (Å²) >= 11 is -3.64. The van der Waals surface area contributed by atoms with Crippen molar-refractivity contribution < 1.29 is 15.6 Å². The average molecular weight is 576 g/mol. The molecule has 3 nitrogen and oxygen atoms in total. The van der Waals surface area contributed by atoms with Crippen molar-refractivity contribution in [2.45, 2.75) is 26.3 Å². The molecule has 0 aromatic heterocycles. The van der Waals surface area contributed by atoms with Crippen LogP contribution in [0, 0.1) is 5.92 Å². The molecule has 0 radical (unpaired) electrons. The second-order valence-corrected chi connectivity index (χ2v) is 19.3. The third kappa shape index (κ3) is 6.08. The molecular formula is C31H36O3Sn. The summed E-state index contributed by atoms with van der Waals surface area (Å²) in [5.74, 6) is 0.630. The summed E-state index contributed by atoms with van der Waals surface area (Å²) in [5.41, 5.74) is 1.27. The first kappa shape index (κ1) is 24.4. The van der Waals surface area contributed by atoms with Crippen LogP contribution in [0.15, 0.2) is 112 Å². The van der Waals surface area contributed by atoms with Crippen molar-refractivity contribution in [1.82, 2.24) is 0 Å². The van der Waals surface area contributed by atoms with Gasteiger partial charge in [0.25, 0.3) is 0 Å². The van der Waals surface area contributed by atoms with Gasteiger partial charge in [-0.3, -0.25) is 0 Å². The number of benzene rings is 3. The Morgan fingerprint density at radius 2 is 1.46 bits per heavy atom. The van der Waals surface area contributed by atoms with Crippen LogP contribution in [-0.2, 0) is 14.2 Å². The van der Waals surface area contributed by atoms with Crippen LogP contribution < -0.4 is 10.7 Å². The van der Waals surface area contributed by atoms with Crippen LogP contribution in [0.1, 0.15) is 21.6 Å². The first-order chi connectivity index (χ1) is 17.5. The second kappa shape index (κ2) is 12.6. The normalized spacial score (nSPS) is 22.6. The van der Waals surface area contributed by atoms with E-state index in [4.69, 9.17) is 15.6 Å². The van der Waals surface area contributed by atoms with Gasteiger partial charge in [-0.05, 0) is 0 Å². The zero-order valence-corrected chi connectivity index (χ0v) is 23.8. The van der Waals surface area contributed by atoms with E-state index < -0.39 is 24.5 Å². The Morgan fingerprint density at radius 1 is 0.943 bits per heavy atom. The van der Waals surface area contributed by atoms with Gasteiger partial charge in [0, 0.05) is 0 Å². The summed E-state index contributed by atoms with van der Waals surface area (Å²) in [6.45, 7) is 5.25. The Bertz CT molecular complexity index is 1060. The number of ether oxygens (including phenoxy) is 3. The van der Waals surface area contributed by atoms with Gasteiger partial charge in [0.05, 0.1) is 0 Å². The number of rotatable bonds is 9. The Morgan fingerprint density at radius 3 is 1.94 bits per heavy atom. The minimum absolute atomic E-state index is 0.177. The molecule has 0 unspecified atom stereocenters. The molecule has 3 aromatic carbocycles. The summed E-state index contributed by atoms with van der Waals surface area (Å²) in [4.78, 5) is 0. The van der Waals surface area contributed by atoms with Crippen LogP contribution in [-0.4, -0.2) is 51.4 Å². The molecule has 1 aliphatic heterocycles. The van der Waals surface area contributed by atoms with E-state index in [0.717, 1.165) is 12.2 Å². The van der Waals surface area contributed by atoms with Crippen LogP contribution in [0.4, 0.5) is 0 Å². The van der Waals surface area contributed by atoms with Crippen LogP contribution in [0.25, 0.3) is 0 Å². The quantitative estimate of drug-likeness (QED) is 0.275. The van der Waals surface area contributed by atoms with Crippen molar-refractivity contribution in [2.24, 2.45) is 5.92 Å². The number of allylic oxidation sites excluding steroid dienone is 1. The fourth-order valence-corrected chi connectivity index (χ4v) is 17.9. The molecule has 3 aromatic rings. The Kier molecular flexibility index (Phi) is 8.75. The number of methoxy groups -OCH3 is 1. The second-order valence-electron chi connectivity index (χ2n) is 8.97. The van der Waals surface area contributed by atoms with E-state index in [9.17, 15) is 0 Å². The molecule has 182 valence electrons. The predicted molar refractivity (Wildman–Crippen MR) is 147 cm³/mol. The first-order valence-corrected chi connectivity index (χ1v) is 18.2. The summed E-state index contributed by atoms with van der Waals surface area (Å²) in [7, 11) is 1.67. The van der Waals surface area contributed by atoms with Crippen LogP contribution >= 0.6 is 0 Å². The molecule has 1 heterocycles. The zero-order chi connectivity index (χ0) is 25.4. The average Bonchev–Trinajstić information content (AvgIpc) is 2.91. The van der Waals surface area contributed by atoms with Gasteiger partial charge in [0.2, 0.25) is 0 Å². The van der Waals surface area contributed by atoms with E-state index in [1.165, 1.54) is 16.3 Å². The van der Waals surface area contributed by atoms with Crippen LogP contribution in [0.5, 0.6) is 0 Å². The molecule has 0 aliphatic carbocycles. The van der Waals surface area contributed by atoms with E-state index >= 15 is 0 Å². The Balaban J connectivity index is 1.89. The van der Waals surface area contributed by atoms with Gasteiger partial charge in [-0.25, -0.2) is 0 Å². The van der Waals surface area contributed by atoms with Crippen LogP contribution in [0.2, 0.25) is 0 Å². The maximum absolute atomic E-state index is 9.05. The molecule has 4 heteroatoms. The van der Waals surface area contributed by atoms with E-state index in [1.54, 1.807) is 7.11 Å². The first-order valence-electron chi connectivity index (χ1n) is 12.8. The molecule has 0 saturated carbocycles. The zero-order valence-electron chi connectivity index (χ0n) is 21.9. The summed E-state index contributed by atoms with van der Waals surface area (Å²) in [6, 6.07) is 32.9. The molecule has 2 atom stereocenters. The minimum atomic E-state index is -3.64. The van der Waals surface area contributed by atoms with Gasteiger partial charge < -0.3 is 0 Å². The van der Waals surface area contributed by atoms with Gasteiger partial charge in [-0.15, -0.1) is 0 Å². The fourth-order valence-electron chi connectivity index (χ4n) is 4.87. The van der Waals surface area contributed by atoms with E-state index in [2.05, 4.69) is 95.1 Å². The monoisotopic (exact) mass is 577 g/mol. The van der Waals surface area contributed by atoms with Gasteiger partial charge in [0.1, 0.15) is 0 Å². The topological polar surface area (TPSA) is 27.7 Å². The van der Waals surface area contributed by atoms with Crippen molar-refractivity contribution in [1.29, 1.82) is 0 Å². The van der Waals surface area contributed by atoms with Crippen molar-refractivity contribution in [3.8, 4) is 0 Å². The number of hydrogen-bond acceptors (Lipinski definition) is 3. The molecule has 4 rings (SSSR count). The molecule has 1 aliphatic rings. The molecule has 0 spiro atoms. The standard InChI is InChI=1S/C13H21O3.3C6H5.Sn/c1-10-5-8-15-12(3)13(10)9-16-11(2)6-7-14-4;3*1-2-4-6-5-3-1;/h1,6,12-13H,5,7-9H2,2-4H3;3*1-5H;/b10-1?,11-6+;;;;/t12-,13-;;;;/m0..../s1/i12D;;;;. The maximum atomic E-state index is 9.05. The predicted octanol–water partition coefficient (Wildman–Crippen LogP) is 4.61. The third-order valence-electron chi connectivity index (χ3n) is 6.76. The molecule has 1 fully saturated rings. The summed E-state index contributed by atoms with van der Waals surface area (Å²) < 4.78 is 33.1.